The van der Waals surface area contributed by atoms with Gasteiger partial charge in [-0.05, 0) is 84.6 Å². The van der Waals surface area contributed by atoms with Gasteiger partial charge in [-0.25, -0.2) is 14.7 Å². The molecule has 0 aliphatic carbocycles. The van der Waals surface area contributed by atoms with E-state index < -0.39 is 44.5 Å². The molecular weight excluding hydrogens is 851 g/mol. The van der Waals surface area contributed by atoms with Crippen LogP contribution in [0.4, 0.5) is 0 Å². The second-order valence-corrected chi connectivity index (χ2v) is 17.1. The second kappa shape index (κ2) is 20.3. The molecule has 0 aromatic heterocycles. The molecule has 3 aliphatic heterocycles. The molecule has 1 amide bonds. The Labute approximate surface area is 361 Å². The molecule has 5 atom stereocenters. The lowest BCUT2D eigenvalue weighted by atomic mass is 9.80. The van der Waals surface area contributed by atoms with Crippen LogP contribution in [-0.4, -0.2) is 121 Å². The fraction of sp³-hybridized carbons (Fsp3) is 0.442. The average molecular weight is 904 g/mol. The number of benzene rings is 3. The van der Waals surface area contributed by atoms with Crippen LogP contribution in [0.25, 0.3) is 0 Å². The number of nitriles is 1. The van der Waals surface area contributed by atoms with E-state index in [1.54, 1.807) is 24.0 Å². The van der Waals surface area contributed by atoms with E-state index in [0.717, 1.165) is 16.7 Å². The van der Waals surface area contributed by atoms with Crippen molar-refractivity contribution in [2.24, 2.45) is 20.0 Å². The van der Waals surface area contributed by atoms with E-state index in [1.165, 1.54) is 6.34 Å². The molecule has 3 aliphatic rings. The summed E-state index contributed by atoms with van der Waals surface area (Å²) in [6.45, 7) is 8.61. The molecule has 1 fully saturated rings. The van der Waals surface area contributed by atoms with Crippen LogP contribution in [0.15, 0.2) is 98.8 Å². The molecule has 3 heterocycles. The van der Waals surface area contributed by atoms with Crippen molar-refractivity contribution >= 4 is 53.2 Å². The van der Waals surface area contributed by atoms with Crippen molar-refractivity contribution in [3.05, 3.63) is 95.6 Å². The van der Waals surface area contributed by atoms with Crippen LogP contribution in [0.1, 0.15) is 57.2 Å². The summed E-state index contributed by atoms with van der Waals surface area (Å²) in [5, 5.41) is 9.42. The van der Waals surface area contributed by atoms with Crippen molar-refractivity contribution in [1.29, 1.82) is 5.26 Å². The minimum atomic E-state index is -1.69. The zero-order chi connectivity index (χ0) is 43.0. The Balaban J connectivity index is 1.43. The van der Waals surface area contributed by atoms with Crippen molar-refractivity contribution in [3.8, 4) is 17.6 Å². The first-order valence-electron chi connectivity index (χ1n) is 19.7. The van der Waals surface area contributed by atoms with E-state index in [2.05, 4.69) is 74.3 Å². The van der Waals surface area contributed by atoms with E-state index in [-0.39, 0.29) is 37.7 Å². The smallest absolute Gasteiger partial charge is 0.281 e. The topological polar surface area (TPSA) is 155 Å². The molecule has 0 bridgehead atoms. The monoisotopic (exact) mass is 902 g/mol. The highest BCUT2D eigenvalue weighted by molar-refractivity contribution is 9.18. The Bertz CT molecular complexity index is 2040. The Morgan fingerprint density at radius 1 is 0.967 bits per heavy atom. The highest BCUT2D eigenvalue weighted by Crippen LogP contribution is 2.50. The largest absolute Gasteiger partial charge is 0.497 e. The molecule has 17 heteroatoms. The number of amides is 1. The van der Waals surface area contributed by atoms with Gasteiger partial charge in [0.2, 0.25) is 0 Å². The highest BCUT2D eigenvalue weighted by Gasteiger charge is 2.50. The van der Waals surface area contributed by atoms with Crippen molar-refractivity contribution in [3.63, 3.8) is 0 Å². The first kappa shape index (κ1) is 44.9. The lowest BCUT2D eigenvalue weighted by Gasteiger charge is -2.39. The number of guanidine groups is 1. The van der Waals surface area contributed by atoms with Crippen LogP contribution in [0.3, 0.4) is 0 Å². The summed E-state index contributed by atoms with van der Waals surface area (Å²) in [5.41, 5.74) is 1.46. The van der Waals surface area contributed by atoms with Gasteiger partial charge in [-0.15, -0.1) is 0 Å². The molecule has 3 aromatic rings. The number of hydrogen-bond donors (Lipinski definition) is 0. The molecule has 2 unspecified atom stereocenters. The van der Waals surface area contributed by atoms with Crippen molar-refractivity contribution < 1.29 is 32.8 Å². The summed E-state index contributed by atoms with van der Waals surface area (Å²) >= 11 is 3.61. The molecule has 0 saturated carbocycles. The van der Waals surface area contributed by atoms with E-state index in [4.69, 9.17) is 28.0 Å². The summed E-state index contributed by atoms with van der Waals surface area (Å²) in [6, 6.07) is 27.0. The summed E-state index contributed by atoms with van der Waals surface area (Å²) in [4.78, 5) is 34.4. The maximum atomic E-state index is 13.3. The molecule has 0 N–H and O–H groups in total. The van der Waals surface area contributed by atoms with Gasteiger partial charge in [0, 0.05) is 32.6 Å². The summed E-state index contributed by atoms with van der Waals surface area (Å²) in [7, 11) is 5.22. The number of hydrogen-bond acceptors (Lipinski definition) is 13. The number of carbonyl (C=O) groups is 1. The van der Waals surface area contributed by atoms with Gasteiger partial charge < -0.3 is 32.9 Å². The van der Waals surface area contributed by atoms with Crippen LogP contribution >= 0.6 is 24.5 Å². The average Bonchev–Trinajstić information content (AvgIpc) is 3.79. The third kappa shape index (κ3) is 9.95. The normalized spacial score (nSPS) is 20.9. The molecule has 1 saturated heterocycles. The predicted octanol–water partition coefficient (Wildman–Crippen LogP) is 7.11. The lowest BCUT2D eigenvalue weighted by molar-refractivity contribution is -0.117. The number of nitrogens with zero attached hydrogens (tertiary/aromatic N) is 8. The van der Waals surface area contributed by atoms with Gasteiger partial charge in [-0.3, -0.25) is 9.69 Å². The summed E-state index contributed by atoms with van der Waals surface area (Å²) in [5.74, 6) is 1.28. The summed E-state index contributed by atoms with van der Waals surface area (Å²) < 4.78 is 41.4. The SMILES string of the molecule is COc1ccc(C(OC[C@H]2O[C@@H](N3C(Br)=NC4C(=O)N=C(/N=C/N(C)C)N=C43)C[C@@H]2OP(OCCC#N)N(C(C)C)C(C)C)(c2ccccc2)c2ccc(OC)cc2)cc1. The minimum absolute atomic E-state index is 0.0126. The van der Waals surface area contributed by atoms with E-state index in [1.807, 2.05) is 93.0 Å². The maximum absolute atomic E-state index is 13.3. The van der Waals surface area contributed by atoms with Gasteiger partial charge >= 0.3 is 0 Å². The van der Waals surface area contributed by atoms with E-state index in [9.17, 15) is 10.1 Å². The van der Waals surface area contributed by atoms with Crippen molar-refractivity contribution in [2.45, 2.75) is 82.7 Å². The zero-order valence-electron chi connectivity index (χ0n) is 35.1. The fourth-order valence-corrected chi connectivity index (χ4v) is 9.70. The van der Waals surface area contributed by atoms with E-state index in [0.29, 0.717) is 28.5 Å². The van der Waals surface area contributed by atoms with Crippen molar-refractivity contribution in [1.82, 2.24) is 14.5 Å². The maximum Gasteiger partial charge on any atom is 0.281 e. The molecule has 318 valence electrons. The number of rotatable bonds is 18. The lowest BCUT2D eigenvalue weighted by Crippen LogP contribution is -2.45. The van der Waals surface area contributed by atoms with Gasteiger partial charge in [0.05, 0.1) is 52.4 Å². The Hall–Kier alpha value is -4.59. The molecule has 3 aromatic carbocycles. The Kier molecular flexibility index (Phi) is 15.2. The number of carbonyl (C=O) groups excluding carboxylic acids is 1. The number of halogens is 1. The van der Waals surface area contributed by atoms with Gasteiger partial charge in [0.15, 0.2) is 16.6 Å². The number of methoxy groups -OCH3 is 2. The zero-order valence-corrected chi connectivity index (χ0v) is 37.6. The predicted molar refractivity (Wildman–Crippen MR) is 236 cm³/mol. The highest BCUT2D eigenvalue weighted by atomic mass is 79.9. The van der Waals surface area contributed by atoms with Crippen LogP contribution in [0, 0.1) is 11.3 Å². The van der Waals surface area contributed by atoms with Crippen LogP contribution in [0.2, 0.25) is 0 Å². The van der Waals surface area contributed by atoms with Gasteiger partial charge in [-0.1, -0.05) is 54.6 Å². The molecule has 0 spiro atoms. The fourth-order valence-electron chi connectivity index (χ4n) is 7.32. The van der Waals surface area contributed by atoms with Crippen LogP contribution < -0.4 is 9.47 Å². The minimum Gasteiger partial charge on any atom is -0.497 e. The first-order chi connectivity index (χ1) is 28.9. The number of fused-ring (bicyclic) bond motifs is 1. The quantitative estimate of drug-likeness (QED) is 0.0321. The Morgan fingerprint density at radius 3 is 2.12 bits per heavy atom. The molecule has 6 rings (SSSR count). The van der Waals surface area contributed by atoms with Crippen LogP contribution in [-0.2, 0) is 28.9 Å². The van der Waals surface area contributed by atoms with Crippen molar-refractivity contribution in [2.75, 3.05) is 41.5 Å². The molecule has 0 radical (unpaired) electrons. The number of aliphatic imine (C=N–C) groups is 4. The molecule has 60 heavy (non-hydrogen) atoms. The standard InChI is InChI=1S/C43H52BrN8O7P/c1-28(2)52(29(3)4)60(57-24-12-23-45)59-35-25-37(51-39-38(47-41(51)44)40(53)49-42(48-39)46-27-50(5)6)58-36(35)26-56-43(30-13-10-9-11-14-30,31-15-19-33(54-7)20-16-31)32-17-21-34(55-8)22-18-32/h9-11,13-22,27-29,35-38H,12,24-26H2,1-8H3/b46-27+/t35-,36+,37+,38?,60?/m0/s1. The first-order valence-corrected chi connectivity index (χ1v) is 21.7. The number of ether oxygens (including phenoxy) is 4. The molecule has 15 nitrogen and oxygen atoms in total. The van der Waals surface area contributed by atoms with E-state index >= 15 is 0 Å². The van der Waals surface area contributed by atoms with Crippen LogP contribution in [0.5, 0.6) is 11.5 Å². The third-order valence-corrected chi connectivity index (χ3v) is 12.7. The van der Waals surface area contributed by atoms with Gasteiger partial charge in [0.25, 0.3) is 20.4 Å². The Morgan fingerprint density at radius 2 is 1.57 bits per heavy atom. The third-order valence-electron chi connectivity index (χ3n) is 9.98. The van der Waals surface area contributed by atoms with Gasteiger partial charge in [0.1, 0.15) is 29.4 Å². The second-order valence-electron chi connectivity index (χ2n) is 15.0. The summed E-state index contributed by atoms with van der Waals surface area (Å²) in [6.07, 6.45) is 0.0787. The van der Waals surface area contributed by atoms with Gasteiger partial charge in [-0.2, -0.15) is 15.2 Å². The molecular formula is C43H52BrN8O7P. The number of amidine groups is 2.